The van der Waals surface area contributed by atoms with Crippen LogP contribution in [-0.2, 0) is 29.0 Å². The largest absolute Gasteiger partial charge is 0.355 e. The van der Waals surface area contributed by atoms with Gasteiger partial charge in [-0.05, 0) is 48.1 Å². The molecule has 1 aliphatic heterocycles. The van der Waals surface area contributed by atoms with Crippen LogP contribution in [0.2, 0.25) is 0 Å². The van der Waals surface area contributed by atoms with Crippen molar-refractivity contribution in [2.45, 2.75) is 51.6 Å². The highest BCUT2D eigenvalue weighted by molar-refractivity contribution is 5.84. The zero-order valence-electron chi connectivity index (χ0n) is 18.2. The number of carbonyl (C=O) groups excluding carboxylic acids is 2. The van der Waals surface area contributed by atoms with E-state index in [0.717, 1.165) is 36.0 Å². The minimum absolute atomic E-state index is 0.0420. The van der Waals surface area contributed by atoms with Gasteiger partial charge in [0, 0.05) is 19.6 Å². The predicted octanol–water partition coefficient (Wildman–Crippen LogP) is 3.22. The molecule has 0 aliphatic carbocycles. The van der Waals surface area contributed by atoms with Gasteiger partial charge in [0.05, 0.1) is 12.6 Å². The molecule has 5 nitrogen and oxygen atoms in total. The molecule has 0 saturated heterocycles. The molecule has 0 bridgehead atoms. The van der Waals surface area contributed by atoms with Crippen LogP contribution in [-0.4, -0.2) is 42.4 Å². The van der Waals surface area contributed by atoms with E-state index >= 15 is 0 Å². The lowest BCUT2D eigenvalue weighted by Gasteiger charge is -2.35. The van der Waals surface area contributed by atoms with Gasteiger partial charge in [0.1, 0.15) is 5.82 Å². The minimum atomic E-state index is -0.385. The van der Waals surface area contributed by atoms with Gasteiger partial charge in [0.15, 0.2) is 0 Å². The van der Waals surface area contributed by atoms with Crippen LogP contribution in [0.15, 0.2) is 48.5 Å². The highest BCUT2D eigenvalue weighted by Crippen LogP contribution is 2.23. The van der Waals surface area contributed by atoms with E-state index in [0.29, 0.717) is 32.5 Å². The molecule has 6 heteroatoms. The first-order chi connectivity index (χ1) is 15.1. The number of nitrogens with zero attached hydrogens (tertiary/aromatic N) is 1. The molecule has 2 aromatic carbocycles. The Labute approximate surface area is 184 Å². The second-order valence-electron chi connectivity index (χ2n) is 8.12. The van der Waals surface area contributed by atoms with Crippen LogP contribution in [0, 0.1) is 5.82 Å². The van der Waals surface area contributed by atoms with Gasteiger partial charge in [0.25, 0.3) is 0 Å². The second kappa shape index (κ2) is 11.6. The van der Waals surface area contributed by atoms with Crippen molar-refractivity contribution in [3.8, 4) is 0 Å². The van der Waals surface area contributed by atoms with Crippen molar-refractivity contribution in [2.75, 3.05) is 19.6 Å². The number of halogens is 1. The second-order valence-corrected chi connectivity index (χ2v) is 8.12. The first-order valence-corrected chi connectivity index (χ1v) is 11.2. The number of nitrogens with one attached hydrogen (secondary N) is 2. The van der Waals surface area contributed by atoms with Crippen molar-refractivity contribution in [1.29, 1.82) is 0 Å². The summed E-state index contributed by atoms with van der Waals surface area (Å²) >= 11 is 0. The molecule has 0 radical (unpaired) electrons. The maximum Gasteiger partial charge on any atom is 0.237 e. The van der Waals surface area contributed by atoms with Crippen LogP contribution < -0.4 is 10.6 Å². The minimum Gasteiger partial charge on any atom is -0.355 e. The molecule has 3 rings (SSSR count). The number of unbranched alkanes of at least 4 members (excludes halogenated alkanes) is 2. The van der Waals surface area contributed by atoms with Crippen molar-refractivity contribution in [2.24, 2.45) is 0 Å². The average Bonchev–Trinajstić information content (AvgIpc) is 2.77. The fraction of sp³-hybridized carbons (Fsp3) is 0.440. The fourth-order valence-corrected chi connectivity index (χ4v) is 3.94. The third-order valence-electron chi connectivity index (χ3n) is 5.72. The first kappa shape index (κ1) is 22.9. The summed E-state index contributed by atoms with van der Waals surface area (Å²) in [6.45, 7) is 4.06. The summed E-state index contributed by atoms with van der Waals surface area (Å²) in [4.78, 5) is 27.4. The van der Waals surface area contributed by atoms with Crippen LogP contribution >= 0.6 is 0 Å². The summed E-state index contributed by atoms with van der Waals surface area (Å²) in [6, 6.07) is 14.0. The molecule has 1 unspecified atom stereocenters. The molecule has 166 valence electrons. The van der Waals surface area contributed by atoms with Gasteiger partial charge in [-0.25, -0.2) is 4.39 Å². The Morgan fingerprint density at radius 3 is 2.48 bits per heavy atom. The average molecular weight is 426 g/mol. The van der Waals surface area contributed by atoms with Gasteiger partial charge in [-0.2, -0.15) is 0 Å². The number of rotatable bonds is 10. The normalized spacial score (nSPS) is 15.9. The van der Waals surface area contributed by atoms with Crippen LogP contribution in [0.4, 0.5) is 4.39 Å². The maximum atomic E-state index is 13.1. The Morgan fingerprint density at radius 1 is 1.00 bits per heavy atom. The van der Waals surface area contributed by atoms with Gasteiger partial charge in [-0.1, -0.05) is 56.2 Å². The van der Waals surface area contributed by atoms with Crippen molar-refractivity contribution in [1.82, 2.24) is 15.5 Å². The van der Waals surface area contributed by atoms with Gasteiger partial charge >= 0.3 is 0 Å². The van der Waals surface area contributed by atoms with Crippen molar-refractivity contribution < 1.29 is 14.0 Å². The van der Waals surface area contributed by atoms with E-state index in [4.69, 9.17) is 0 Å². The molecule has 0 saturated carbocycles. The lowest BCUT2D eigenvalue weighted by Crippen LogP contribution is -2.53. The number of hydrogen-bond acceptors (Lipinski definition) is 3. The van der Waals surface area contributed by atoms with Crippen molar-refractivity contribution in [3.05, 3.63) is 71.0 Å². The topological polar surface area (TPSA) is 61.4 Å². The van der Waals surface area contributed by atoms with Crippen LogP contribution in [0.1, 0.15) is 42.9 Å². The Hall–Kier alpha value is -2.73. The van der Waals surface area contributed by atoms with Crippen molar-refractivity contribution >= 4 is 11.8 Å². The Morgan fingerprint density at radius 2 is 1.74 bits per heavy atom. The molecule has 1 heterocycles. The van der Waals surface area contributed by atoms with Gasteiger partial charge in [-0.3, -0.25) is 14.5 Å². The maximum absolute atomic E-state index is 13.1. The molecule has 2 aromatic rings. The third-order valence-corrected chi connectivity index (χ3v) is 5.72. The molecule has 0 aromatic heterocycles. The smallest absolute Gasteiger partial charge is 0.237 e. The predicted molar refractivity (Wildman–Crippen MR) is 120 cm³/mol. The zero-order chi connectivity index (χ0) is 22.1. The lowest BCUT2D eigenvalue weighted by atomic mass is 9.93. The monoisotopic (exact) mass is 425 g/mol. The number of carbonyl (C=O) groups is 2. The molecule has 1 atom stereocenters. The SMILES string of the molecule is CCCCCNC(=O)CN1Cc2ccccc2CC1C(=O)NCCc1ccc(F)cc1. The molecule has 31 heavy (non-hydrogen) atoms. The van der Waals surface area contributed by atoms with E-state index in [1.165, 1.54) is 12.1 Å². The molecule has 2 N–H and O–H groups in total. The zero-order valence-corrected chi connectivity index (χ0v) is 18.2. The summed E-state index contributed by atoms with van der Waals surface area (Å²) in [5.41, 5.74) is 3.29. The van der Waals surface area contributed by atoms with E-state index in [-0.39, 0.29) is 30.2 Å². The van der Waals surface area contributed by atoms with Crippen LogP contribution in [0.3, 0.4) is 0 Å². The summed E-state index contributed by atoms with van der Waals surface area (Å²) in [5, 5.41) is 5.98. The highest BCUT2D eigenvalue weighted by Gasteiger charge is 2.32. The standard InChI is InChI=1S/C25H32FN3O2/c1-2-3-6-14-27-24(30)18-29-17-21-8-5-4-7-20(21)16-23(29)25(31)28-15-13-19-9-11-22(26)12-10-19/h4-5,7-12,23H,2-3,6,13-18H2,1H3,(H,27,30)(H,28,31). The molecule has 2 amide bonds. The lowest BCUT2D eigenvalue weighted by molar-refractivity contribution is -0.129. The van der Waals surface area contributed by atoms with Crippen molar-refractivity contribution in [3.63, 3.8) is 0 Å². The molecular weight excluding hydrogens is 393 g/mol. The Balaban J connectivity index is 1.59. The first-order valence-electron chi connectivity index (χ1n) is 11.2. The number of fused-ring (bicyclic) bond motifs is 1. The number of hydrogen-bond donors (Lipinski definition) is 2. The van der Waals surface area contributed by atoms with E-state index in [9.17, 15) is 14.0 Å². The Kier molecular flexibility index (Phi) is 8.59. The van der Waals surface area contributed by atoms with Gasteiger partial charge < -0.3 is 10.6 Å². The highest BCUT2D eigenvalue weighted by atomic mass is 19.1. The van der Waals surface area contributed by atoms with E-state index in [1.54, 1.807) is 12.1 Å². The molecule has 0 spiro atoms. The summed E-state index contributed by atoms with van der Waals surface area (Å²) in [5.74, 6) is -0.382. The third kappa shape index (κ3) is 6.89. The van der Waals surface area contributed by atoms with Gasteiger partial charge in [-0.15, -0.1) is 0 Å². The molecular formula is C25H32FN3O2. The summed E-state index contributed by atoms with van der Waals surface area (Å²) in [6.07, 6.45) is 4.39. The number of amides is 2. The fourth-order valence-electron chi connectivity index (χ4n) is 3.94. The molecule has 0 fully saturated rings. The van der Waals surface area contributed by atoms with Crippen LogP contribution in [0.5, 0.6) is 0 Å². The Bertz CT molecular complexity index is 869. The quantitative estimate of drug-likeness (QED) is 0.575. The molecule has 1 aliphatic rings. The summed E-state index contributed by atoms with van der Waals surface area (Å²) in [7, 11) is 0. The van der Waals surface area contributed by atoms with E-state index < -0.39 is 0 Å². The number of benzene rings is 2. The van der Waals surface area contributed by atoms with Gasteiger partial charge in [0.2, 0.25) is 11.8 Å². The van der Waals surface area contributed by atoms with Crippen LogP contribution in [0.25, 0.3) is 0 Å². The summed E-state index contributed by atoms with van der Waals surface area (Å²) < 4.78 is 13.1. The van der Waals surface area contributed by atoms with E-state index in [1.807, 2.05) is 17.0 Å². The van der Waals surface area contributed by atoms with E-state index in [2.05, 4.69) is 29.7 Å².